The molecule has 0 saturated heterocycles. The third-order valence-corrected chi connectivity index (χ3v) is 2.44. The first-order valence-corrected chi connectivity index (χ1v) is 6.02. The summed E-state index contributed by atoms with van der Waals surface area (Å²) in [4.78, 5) is 21.9. The fraction of sp³-hybridized carbons (Fsp3) is 0.286. The molecule has 2 N–H and O–H groups in total. The Kier molecular flexibility index (Phi) is 6.39. The normalized spacial score (nSPS) is 10.7. The van der Waals surface area contributed by atoms with Crippen LogP contribution in [0.2, 0.25) is 0 Å². The molecule has 0 spiro atoms. The first-order chi connectivity index (χ1) is 9.52. The monoisotopic (exact) mass is 281 g/mol. The Hall–Kier alpha value is -2.21. The number of carbonyl (C=O) groups is 2. The van der Waals surface area contributed by atoms with E-state index in [1.54, 1.807) is 7.11 Å². The minimum Gasteiger partial charge on any atom is -0.478 e. The highest BCUT2D eigenvalue weighted by Crippen LogP contribution is 2.17. The molecule has 0 radical (unpaired) electrons. The number of hydrogen-bond donors (Lipinski definition) is 2. The van der Waals surface area contributed by atoms with E-state index in [2.05, 4.69) is 5.32 Å². The van der Waals surface area contributed by atoms with E-state index in [0.29, 0.717) is 18.6 Å². The second-order valence-corrected chi connectivity index (χ2v) is 4.06. The number of carboxylic acid groups (broad SMARTS) is 1. The van der Waals surface area contributed by atoms with Crippen LogP contribution in [-0.2, 0) is 14.3 Å². The molecule has 1 aromatic carbocycles. The van der Waals surface area contributed by atoms with Gasteiger partial charge in [-0.3, -0.25) is 4.79 Å². The van der Waals surface area contributed by atoms with Crippen LogP contribution in [0, 0.1) is 5.82 Å². The topological polar surface area (TPSA) is 75.6 Å². The maximum absolute atomic E-state index is 13.7. The maximum atomic E-state index is 13.7. The summed E-state index contributed by atoms with van der Waals surface area (Å²) in [7, 11) is 1.54. The lowest BCUT2D eigenvalue weighted by Gasteiger charge is -2.07. The van der Waals surface area contributed by atoms with Crippen molar-refractivity contribution in [1.82, 2.24) is 0 Å². The fourth-order valence-corrected chi connectivity index (χ4v) is 1.49. The first-order valence-electron chi connectivity index (χ1n) is 6.02. The highest BCUT2D eigenvalue weighted by Gasteiger charge is 2.07. The SMILES string of the molecule is COCCCC(=O)Nc1ccc(/C=C/C(=O)O)cc1F. The second kappa shape index (κ2) is 8.06. The average Bonchev–Trinajstić information content (AvgIpc) is 2.39. The van der Waals surface area contributed by atoms with Crippen LogP contribution in [-0.4, -0.2) is 30.7 Å². The van der Waals surface area contributed by atoms with E-state index in [1.165, 1.54) is 18.2 Å². The number of carboxylic acids is 1. The molecule has 0 bridgehead atoms. The molecule has 0 fully saturated rings. The molecule has 108 valence electrons. The average molecular weight is 281 g/mol. The van der Waals surface area contributed by atoms with Crippen molar-refractivity contribution in [1.29, 1.82) is 0 Å². The van der Waals surface area contributed by atoms with Crippen LogP contribution >= 0.6 is 0 Å². The summed E-state index contributed by atoms with van der Waals surface area (Å²) in [6.45, 7) is 0.467. The van der Waals surface area contributed by atoms with Gasteiger partial charge in [0.25, 0.3) is 0 Å². The number of halogens is 1. The summed E-state index contributed by atoms with van der Waals surface area (Å²) in [6.07, 6.45) is 2.99. The summed E-state index contributed by atoms with van der Waals surface area (Å²) in [5, 5.41) is 10.9. The lowest BCUT2D eigenvalue weighted by molar-refractivity contribution is -0.131. The molecule has 0 unspecified atom stereocenters. The summed E-state index contributed by atoms with van der Waals surface area (Å²) in [6, 6.07) is 4.07. The van der Waals surface area contributed by atoms with Gasteiger partial charge in [0.15, 0.2) is 0 Å². The third-order valence-electron chi connectivity index (χ3n) is 2.44. The van der Waals surface area contributed by atoms with Crippen molar-refractivity contribution in [3.8, 4) is 0 Å². The van der Waals surface area contributed by atoms with Gasteiger partial charge in [0.05, 0.1) is 5.69 Å². The number of carbonyl (C=O) groups excluding carboxylic acids is 1. The van der Waals surface area contributed by atoms with E-state index >= 15 is 0 Å². The highest BCUT2D eigenvalue weighted by atomic mass is 19.1. The van der Waals surface area contributed by atoms with Crippen LogP contribution in [0.1, 0.15) is 18.4 Å². The predicted molar refractivity (Wildman–Crippen MR) is 72.8 cm³/mol. The van der Waals surface area contributed by atoms with E-state index in [0.717, 1.165) is 12.1 Å². The molecular weight excluding hydrogens is 265 g/mol. The van der Waals surface area contributed by atoms with E-state index in [4.69, 9.17) is 9.84 Å². The van der Waals surface area contributed by atoms with Crippen LogP contribution in [0.25, 0.3) is 6.08 Å². The first kappa shape index (κ1) is 15.8. The molecule has 6 heteroatoms. The summed E-state index contributed by atoms with van der Waals surface area (Å²) < 4.78 is 18.5. The van der Waals surface area contributed by atoms with Gasteiger partial charge < -0.3 is 15.2 Å². The quantitative estimate of drug-likeness (QED) is 0.594. The Morgan fingerprint density at radius 2 is 2.20 bits per heavy atom. The molecule has 0 aliphatic rings. The zero-order valence-electron chi connectivity index (χ0n) is 11.1. The zero-order chi connectivity index (χ0) is 15.0. The van der Waals surface area contributed by atoms with E-state index in [9.17, 15) is 14.0 Å². The van der Waals surface area contributed by atoms with Gasteiger partial charge in [-0.05, 0) is 30.2 Å². The number of benzene rings is 1. The second-order valence-electron chi connectivity index (χ2n) is 4.06. The van der Waals surface area contributed by atoms with E-state index in [-0.39, 0.29) is 18.0 Å². The lowest BCUT2D eigenvalue weighted by Crippen LogP contribution is -2.13. The van der Waals surface area contributed by atoms with Gasteiger partial charge >= 0.3 is 5.97 Å². The molecule has 20 heavy (non-hydrogen) atoms. The number of methoxy groups -OCH3 is 1. The maximum Gasteiger partial charge on any atom is 0.328 e. The molecule has 0 aliphatic heterocycles. The molecule has 0 heterocycles. The largest absolute Gasteiger partial charge is 0.478 e. The number of rotatable bonds is 7. The van der Waals surface area contributed by atoms with Gasteiger partial charge in [-0.2, -0.15) is 0 Å². The lowest BCUT2D eigenvalue weighted by atomic mass is 10.1. The van der Waals surface area contributed by atoms with Gasteiger partial charge in [0, 0.05) is 26.2 Å². The molecule has 5 nitrogen and oxygen atoms in total. The Bertz CT molecular complexity index is 514. The predicted octanol–water partition coefficient (Wildman–Crippen LogP) is 2.29. The minimum absolute atomic E-state index is 0.0693. The van der Waals surface area contributed by atoms with Crippen LogP contribution in [0.3, 0.4) is 0 Å². The highest BCUT2D eigenvalue weighted by molar-refractivity contribution is 5.91. The van der Waals surface area contributed by atoms with Gasteiger partial charge in [0.1, 0.15) is 5.82 Å². The van der Waals surface area contributed by atoms with E-state index < -0.39 is 11.8 Å². The Morgan fingerprint density at radius 3 is 2.80 bits per heavy atom. The van der Waals surface area contributed by atoms with E-state index in [1.807, 2.05) is 0 Å². The molecule has 0 atom stereocenters. The van der Waals surface area contributed by atoms with Crippen molar-refractivity contribution in [3.63, 3.8) is 0 Å². The van der Waals surface area contributed by atoms with Crippen molar-refractivity contribution >= 4 is 23.6 Å². The molecule has 0 aromatic heterocycles. The van der Waals surface area contributed by atoms with Gasteiger partial charge in [-0.25, -0.2) is 9.18 Å². The fourth-order valence-electron chi connectivity index (χ4n) is 1.49. The molecule has 0 aliphatic carbocycles. The molecule has 1 amide bonds. The van der Waals surface area contributed by atoms with Crippen molar-refractivity contribution in [2.75, 3.05) is 19.0 Å². The summed E-state index contributed by atoms with van der Waals surface area (Å²) >= 11 is 0. The van der Waals surface area contributed by atoms with Crippen LogP contribution in [0.5, 0.6) is 0 Å². The Labute approximate surface area is 116 Å². The van der Waals surface area contributed by atoms with Crippen molar-refractivity contribution < 1.29 is 23.8 Å². The molecular formula is C14H16FNO4. The number of anilines is 1. The Morgan fingerprint density at radius 1 is 1.45 bits per heavy atom. The van der Waals surface area contributed by atoms with Crippen LogP contribution in [0.15, 0.2) is 24.3 Å². The number of aliphatic carboxylic acids is 1. The van der Waals surface area contributed by atoms with Crippen LogP contribution in [0.4, 0.5) is 10.1 Å². The van der Waals surface area contributed by atoms with Gasteiger partial charge in [-0.15, -0.1) is 0 Å². The molecule has 0 saturated carbocycles. The zero-order valence-corrected chi connectivity index (χ0v) is 11.1. The number of nitrogens with one attached hydrogen (secondary N) is 1. The molecule has 1 aromatic rings. The standard InChI is InChI=1S/C14H16FNO4/c1-20-8-2-3-13(17)16-12-6-4-10(9-11(12)15)5-7-14(18)19/h4-7,9H,2-3,8H2,1H3,(H,16,17)(H,18,19)/b7-5+. The summed E-state index contributed by atoms with van der Waals surface area (Å²) in [5.74, 6) is -2.02. The minimum atomic E-state index is -1.11. The number of amides is 1. The van der Waals surface area contributed by atoms with Gasteiger partial charge in [-0.1, -0.05) is 6.07 Å². The van der Waals surface area contributed by atoms with Crippen molar-refractivity contribution in [2.24, 2.45) is 0 Å². The third kappa shape index (κ3) is 5.62. The van der Waals surface area contributed by atoms with Crippen LogP contribution < -0.4 is 5.32 Å². The van der Waals surface area contributed by atoms with Crippen molar-refractivity contribution in [3.05, 3.63) is 35.7 Å². The van der Waals surface area contributed by atoms with Crippen molar-refractivity contribution in [2.45, 2.75) is 12.8 Å². The number of hydrogen-bond acceptors (Lipinski definition) is 3. The summed E-state index contributed by atoms with van der Waals surface area (Å²) in [5.41, 5.74) is 0.474. The number of ether oxygens (including phenoxy) is 1. The Balaban J connectivity index is 2.64. The smallest absolute Gasteiger partial charge is 0.328 e. The van der Waals surface area contributed by atoms with Gasteiger partial charge in [0.2, 0.25) is 5.91 Å². The molecule has 1 rings (SSSR count).